The first-order valence-corrected chi connectivity index (χ1v) is 16.3. The third-order valence-corrected chi connectivity index (χ3v) is 9.25. The third-order valence-electron chi connectivity index (χ3n) is 9.25. The van der Waals surface area contributed by atoms with E-state index in [9.17, 15) is 24.3 Å². The Labute approximate surface area is 273 Å². The summed E-state index contributed by atoms with van der Waals surface area (Å²) in [5.74, 6) is -1.41. The number of benzene rings is 2. The maximum atomic E-state index is 13.1. The lowest BCUT2D eigenvalue weighted by atomic mass is 9.98. The Balaban J connectivity index is 1.36. The number of hydrogen-bond acceptors (Lipinski definition) is 7. The fourth-order valence-corrected chi connectivity index (χ4v) is 6.28. The van der Waals surface area contributed by atoms with E-state index >= 15 is 0 Å². The normalized spacial score (nSPS) is 19.9. The second-order valence-electron chi connectivity index (χ2n) is 13.3. The quantitative estimate of drug-likeness (QED) is 0.285. The van der Waals surface area contributed by atoms with Gasteiger partial charge in [-0.25, -0.2) is 0 Å². The molecule has 2 aliphatic heterocycles. The molecule has 250 valence electrons. The molecule has 2 saturated heterocycles. The largest absolute Gasteiger partial charge is 0.508 e. The van der Waals surface area contributed by atoms with Gasteiger partial charge in [0.15, 0.2) is 0 Å². The van der Waals surface area contributed by atoms with Gasteiger partial charge in [-0.1, -0.05) is 56.3 Å². The second kappa shape index (κ2) is 16.0. The van der Waals surface area contributed by atoms with Crippen LogP contribution >= 0.6 is 0 Å². The summed E-state index contributed by atoms with van der Waals surface area (Å²) in [5.41, 5.74) is 2.16. The van der Waals surface area contributed by atoms with Gasteiger partial charge in [-0.15, -0.1) is 0 Å². The number of amides is 4. The molecule has 11 nitrogen and oxygen atoms in total. The van der Waals surface area contributed by atoms with Crippen molar-refractivity contribution in [2.75, 3.05) is 67.0 Å². The van der Waals surface area contributed by atoms with E-state index in [0.29, 0.717) is 45.1 Å². The van der Waals surface area contributed by atoms with Gasteiger partial charge < -0.3 is 34.9 Å². The molecule has 3 atom stereocenters. The van der Waals surface area contributed by atoms with E-state index in [0.717, 1.165) is 31.5 Å². The summed E-state index contributed by atoms with van der Waals surface area (Å²) in [6, 6.07) is 16.9. The maximum absolute atomic E-state index is 13.1. The Hall–Kier alpha value is -3.96. The van der Waals surface area contributed by atoms with Gasteiger partial charge in [0.2, 0.25) is 0 Å². The highest BCUT2D eigenvalue weighted by molar-refractivity contribution is 6.36. The predicted octanol–water partition coefficient (Wildman–Crippen LogP) is 1.45. The van der Waals surface area contributed by atoms with Crippen molar-refractivity contribution in [1.82, 2.24) is 29.8 Å². The minimum Gasteiger partial charge on any atom is -0.508 e. The van der Waals surface area contributed by atoms with Gasteiger partial charge in [0.1, 0.15) is 5.75 Å². The summed E-state index contributed by atoms with van der Waals surface area (Å²) in [6.07, 6.45) is 2.15. The molecule has 2 N–H and O–H groups in total. The number of carbonyl (C=O) groups excluding carboxylic acids is 4. The number of phenols is 1. The average molecular weight is 635 g/mol. The Morgan fingerprint density at radius 2 is 1.57 bits per heavy atom. The first-order valence-electron chi connectivity index (χ1n) is 16.3. The molecule has 0 spiro atoms. The number of nitrogens with one attached hydrogen (secondary N) is 1. The summed E-state index contributed by atoms with van der Waals surface area (Å²) in [4.78, 5) is 60.4. The smallest absolute Gasteiger partial charge is 0.312 e. The molecule has 2 fully saturated rings. The molecule has 0 aromatic heterocycles. The van der Waals surface area contributed by atoms with Crippen molar-refractivity contribution in [2.45, 2.75) is 51.2 Å². The number of carbonyl (C=O) groups is 4. The van der Waals surface area contributed by atoms with Crippen LogP contribution in [0.25, 0.3) is 0 Å². The van der Waals surface area contributed by atoms with Crippen LogP contribution in [0.1, 0.15) is 31.4 Å². The standard InChI is InChI=1S/C35H50N6O5/c1-25(2)19-28-22-36-32(43)33(44)41(28)24-29(20-26-9-7-6-8-10-26)38(4)17-15-37(3)16-18-40-23-30(39(5)34(45)35(40)46)21-27-11-13-31(42)14-12-27/h6-14,25,28-30,42H,15-24H2,1-5H3,(H,36,43)/t28-,29-,30-/m0/s1. The summed E-state index contributed by atoms with van der Waals surface area (Å²) >= 11 is 0. The SMILES string of the molecule is CC(C)C[C@H]1CNC(=O)C(=O)N1C[C@H](Cc1ccccc1)N(C)CCN(C)CCN1C[C@H](Cc2ccc(O)cc2)N(C)C(=O)C1=O. The molecule has 0 bridgehead atoms. The number of rotatable bonds is 15. The van der Waals surface area contributed by atoms with Crippen LogP contribution in [0.3, 0.4) is 0 Å². The summed E-state index contributed by atoms with van der Waals surface area (Å²) in [7, 11) is 5.74. The fourth-order valence-electron chi connectivity index (χ4n) is 6.28. The maximum Gasteiger partial charge on any atom is 0.312 e. The van der Waals surface area contributed by atoms with Crippen molar-refractivity contribution >= 4 is 23.6 Å². The molecule has 11 heteroatoms. The second-order valence-corrected chi connectivity index (χ2v) is 13.3. The molecule has 2 aromatic rings. The van der Waals surface area contributed by atoms with E-state index < -0.39 is 23.6 Å². The molecule has 4 amide bonds. The number of likely N-dealkylation sites (N-methyl/N-ethyl adjacent to an activating group) is 3. The van der Waals surface area contributed by atoms with Crippen LogP contribution in [0, 0.1) is 5.92 Å². The summed E-state index contributed by atoms with van der Waals surface area (Å²) < 4.78 is 0. The Kier molecular flexibility index (Phi) is 12.2. The zero-order chi connectivity index (χ0) is 33.4. The van der Waals surface area contributed by atoms with Crippen LogP contribution in [-0.4, -0.2) is 138 Å². The lowest BCUT2D eigenvalue weighted by Crippen LogP contribution is -2.61. The Bertz CT molecular complexity index is 1340. The van der Waals surface area contributed by atoms with Crippen molar-refractivity contribution in [2.24, 2.45) is 5.92 Å². The van der Waals surface area contributed by atoms with E-state index in [2.05, 4.69) is 48.1 Å². The summed E-state index contributed by atoms with van der Waals surface area (Å²) in [5, 5.41) is 12.4. The number of hydrogen-bond donors (Lipinski definition) is 2. The van der Waals surface area contributed by atoms with Crippen molar-refractivity contribution in [1.29, 1.82) is 0 Å². The Morgan fingerprint density at radius 1 is 0.870 bits per heavy atom. The molecule has 0 saturated carbocycles. The van der Waals surface area contributed by atoms with Gasteiger partial charge in [0.05, 0.1) is 6.04 Å². The number of phenolic OH excluding ortho intramolecular Hbond substituents is 1. The Morgan fingerprint density at radius 3 is 2.24 bits per heavy atom. The minimum absolute atomic E-state index is 0.00204. The third kappa shape index (κ3) is 9.29. The lowest BCUT2D eigenvalue weighted by molar-refractivity contribution is -0.157. The van der Waals surface area contributed by atoms with Gasteiger partial charge in [0, 0.05) is 64.9 Å². The van der Waals surface area contributed by atoms with Crippen molar-refractivity contribution < 1.29 is 24.3 Å². The van der Waals surface area contributed by atoms with Crippen molar-refractivity contribution in [3.05, 3.63) is 65.7 Å². The number of aromatic hydroxyl groups is 1. The zero-order valence-electron chi connectivity index (χ0n) is 27.9. The highest BCUT2D eigenvalue weighted by Crippen LogP contribution is 2.20. The molecule has 0 unspecified atom stereocenters. The summed E-state index contributed by atoms with van der Waals surface area (Å²) in [6.45, 7) is 8.11. The molecule has 0 aliphatic carbocycles. The number of nitrogens with zero attached hydrogens (tertiary/aromatic N) is 5. The first-order chi connectivity index (χ1) is 21.9. The highest BCUT2D eigenvalue weighted by Gasteiger charge is 2.38. The zero-order valence-corrected chi connectivity index (χ0v) is 27.9. The molecule has 2 aromatic carbocycles. The molecule has 46 heavy (non-hydrogen) atoms. The molecular formula is C35H50N6O5. The van der Waals surface area contributed by atoms with Crippen LogP contribution in [0.5, 0.6) is 5.75 Å². The van der Waals surface area contributed by atoms with Gasteiger partial charge in [-0.3, -0.25) is 19.2 Å². The van der Waals surface area contributed by atoms with E-state index in [1.807, 2.05) is 37.4 Å². The monoisotopic (exact) mass is 634 g/mol. The van der Waals surface area contributed by atoms with Crippen LogP contribution in [-0.2, 0) is 32.0 Å². The minimum atomic E-state index is -0.539. The molecule has 2 aliphatic rings. The molecule has 2 heterocycles. The predicted molar refractivity (Wildman–Crippen MR) is 177 cm³/mol. The molecular weight excluding hydrogens is 584 g/mol. The van der Waals surface area contributed by atoms with E-state index in [-0.39, 0.29) is 23.9 Å². The van der Waals surface area contributed by atoms with Crippen LogP contribution in [0.15, 0.2) is 54.6 Å². The van der Waals surface area contributed by atoms with Crippen molar-refractivity contribution in [3.63, 3.8) is 0 Å². The van der Waals surface area contributed by atoms with Gasteiger partial charge >= 0.3 is 23.6 Å². The highest BCUT2D eigenvalue weighted by atomic mass is 16.3. The fraction of sp³-hybridized carbons (Fsp3) is 0.543. The average Bonchev–Trinajstić information content (AvgIpc) is 3.03. The topological polar surface area (TPSA) is 117 Å². The number of piperazine rings is 2. The molecule has 0 radical (unpaired) electrons. The van der Waals surface area contributed by atoms with Gasteiger partial charge in [-0.2, -0.15) is 0 Å². The van der Waals surface area contributed by atoms with E-state index in [4.69, 9.17) is 0 Å². The van der Waals surface area contributed by atoms with Gasteiger partial charge in [0.25, 0.3) is 0 Å². The van der Waals surface area contributed by atoms with E-state index in [1.54, 1.807) is 29.0 Å². The first kappa shape index (κ1) is 34.9. The molecule has 4 rings (SSSR count). The van der Waals surface area contributed by atoms with Gasteiger partial charge in [-0.05, 0) is 62.5 Å². The van der Waals surface area contributed by atoms with Crippen LogP contribution in [0.2, 0.25) is 0 Å². The van der Waals surface area contributed by atoms with Crippen LogP contribution < -0.4 is 5.32 Å². The van der Waals surface area contributed by atoms with E-state index in [1.165, 1.54) is 10.5 Å². The van der Waals surface area contributed by atoms with Crippen LogP contribution in [0.4, 0.5) is 0 Å². The van der Waals surface area contributed by atoms with Crippen molar-refractivity contribution in [3.8, 4) is 5.75 Å². The lowest BCUT2D eigenvalue weighted by Gasteiger charge is -2.41.